The Morgan fingerprint density at radius 1 is 1.50 bits per heavy atom. The molecule has 2 aliphatic rings. The summed E-state index contributed by atoms with van der Waals surface area (Å²) in [5, 5.41) is 3.77. The monoisotopic (exact) mass is 265 g/mol. The number of nitrogens with one attached hydrogen (secondary N) is 1. The van der Waals surface area contributed by atoms with Gasteiger partial charge in [-0.1, -0.05) is 13.8 Å². The van der Waals surface area contributed by atoms with Gasteiger partial charge in [0.05, 0.1) is 5.51 Å². The first kappa shape index (κ1) is 12.6. The van der Waals surface area contributed by atoms with Crippen LogP contribution in [-0.2, 0) is 6.54 Å². The molecule has 0 aromatic carbocycles. The van der Waals surface area contributed by atoms with E-state index < -0.39 is 0 Å². The number of thiazole rings is 1. The van der Waals surface area contributed by atoms with Crippen molar-refractivity contribution in [1.29, 1.82) is 0 Å². The van der Waals surface area contributed by atoms with Gasteiger partial charge in [0.1, 0.15) is 0 Å². The van der Waals surface area contributed by atoms with Crippen LogP contribution in [0, 0.1) is 11.8 Å². The third-order valence-electron chi connectivity index (χ3n) is 4.29. The summed E-state index contributed by atoms with van der Waals surface area (Å²) >= 11 is 1.78. The zero-order valence-corrected chi connectivity index (χ0v) is 12.1. The van der Waals surface area contributed by atoms with Gasteiger partial charge in [-0.2, -0.15) is 0 Å². The summed E-state index contributed by atoms with van der Waals surface area (Å²) in [5.41, 5.74) is 1.94. The number of nitrogens with zero attached hydrogens (tertiary/aromatic N) is 2. The van der Waals surface area contributed by atoms with Gasteiger partial charge in [-0.15, -0.1) is 11.3 Å². The Morgan fingerprint density at radius 3 is 2.94 bits per heavy atom. The van der Waals surface area contributed by atoms with Crippen LogP contribution in [0.5, 0.6) is 0 Å². The number of piperazine rings is 1. The molecule has 18 heavy (non-hydrogen) atoms. The maximum atomic E-state index is 4.20. The van der Waals surface area contributed by atoms with E-state index in [4.69, 9.17) is 0 Å². The Kier molecular flexibility index (Phi) is 3.68. The van der Waals surface area contributed by atoms with Crippen LogP contribution < -0.4 is 5.32 Å². The molecular weight excluding hydrogens is 242 g/mol. The van der Waals surface area contributed by atoms with Crippen LogP contribution in [-0.4, -0.2) is 35.1 Å². The van der Waals surface area contributed by atoms with Crippen molar-refractivity contribution in [2.45, 2.75) is 45.3 Å². The molecule has 1 aromatic rings. The van der Waals surface area contributed by atoms with E-state index in [1.54, 1.807) is 11.3 Å². The van der Waals surface area contributed by atoms with Gasteiger partial charge >= 0.3 is 0 Å². The molecule has 2 atom stereocenters. The summed E-state index contributed by atoms with van der Waals surface area (Å²) in [6, 6.07) is 1.40. The van der Waals surface area contributed by atoms with Gasteiger partial charge in [0.25, 0.3) is 0 Å². The molecule has 3 rings (SSSR count). The van der Waals surface area contributed by atoms with E-state index in [2.05, 4.69) is 29.0 Å². The van der Waals surface area contributed by atoms with Crippen molar-refractivity contribution in [3.05, 3.63) is 16.6 Å². The molecule has 0 spiro atoms. The van der Waals surface area contributed by atoms with Crippen molar-refractivity contribution < 1.29 is 0 Å². The lowest BCUT2D eigenvalue weighted by atomic mass is 9.97. The van der Waals surface area contributed by atoms with E-state index in [-0.39, 0.29) is 0 Å². The summed E-state index contributed by atoms with van der Waals surface area (Å²) in [6.45, 7) is 8.12. The summed E-state index contributed by atoms with van der Waals surface area (Å²) < 4.78 is 0. The van der Waals surface area contributed by atoms with E-state index in [9.17, 15) is 0 Å². The molecule has 0 bridgehead atoms. The fraction of sp³-hybridized carbons (Fsp3) is 0.786. The Morgan fingerprint density at radius 2 is 2.33 bits per heavy atom. The highest BCUT2D eigenvalue weighted by Crippen LogP contribution is 2.35. The van der Waals surface area contributed by atoms with Crippen molar-refractivity contribution >= 4 is 11.3 Å². The first-order valence-corrected chi connectivity index (χ1v) is 7.97. The molecule has 0 amide bonds. The minimum absolute atomic E-state index is 0.669. The van der Waals surface area contributed by atoms with E-state index in [1.807, 2.05) is 11.7 Å². The molecule has 0 radical (unpaired) electrons. The fourth-order valence-corrected chi connectivity index (χ4v) is 3.65. The predicted octanol–water partition coefficient (Wildman–Crippen LogP) is 2.35. The third-order valence-corrected chi connectivity index (χ3v) is 5.06. The molecule has 100 valence electrons. The molecule has 2 fully saturated rings. The molecule has 1 aromatic heterocycles. The highest BCUT2D eigenvalue weighted by Gasteiger charge is 2.37. The number of aromatic nitrogens is 1. The average Bonchev–Trinajstić information content (AvgIpc) is 3.08. The van der Waals surface area contributed by atoms with Gasteiger partial charge in [-0.05, 0) is 24.7 Å². The van der Waals surface area contributed by atoms with Crippen LogP contribution in [0.3, 0.4) is 0 Å². The first-order chi connectivity index (χ1) is 8.74. The Balaban J connectivity index is 1.68. The number of hydrogen-bond acceptors (Lipinski definition) is 4. The topological polar surface area (TPSA) is 28.2 Å². The van der Waals surface area contributed by atoms with Gasteiger partial charge in [0, 0.05) is 42.8 Å². The normalized spacial score (nSPS) is 29.9. The lowest BCUT2D eigenvalue weighted by molar-refractivity contribution is 0.0861. The minimum atomic E-state index is 0.669. The number of rotatable bonds is 4. The van der Waals surface area contributed by atoms with Crippen molar-refractivity contribution in [2.75, 3.05) is 13.1 Å². The van der Waals surface area contributed by atoms with Crippen LogP contribution in [0.25, 0.3) is 0 Å². The Labute approximate surface area is 114 Å². The van der Waals surface area contributed by atoms with Crippen LogP contribution >= 0.6 is 11.3 Å². The lowest BCUT2D eigenvalue weighted by Gasteiger charge is -2.42. The summed E-state index contributed by atoms with van der Waals surface area (Å²) in [6.07, 6.45) is 4.88. The van der Waals surface area contributed by atoms with Crippen LogP contribution in [0.2, 0.25) is 0 Å². The van der Waals surface area contributed by atoms with Crippen molar-refractivity contribution in [3.8, 4) is 0 Å². The van der Waals surface area contributed by atoms with Crippen molar-refractivity contribution in [2.24, 2.45) is 11.8 Å². The lowest BCUT2D eigenvalue weighted by Crippen LogP contribution is -2.58. The van der Waals surface area contributed by atoms with Crippen molar-refractivity contribution in [3.63, 3.8) is 0 Å². The smallest absolute Gasteiger partial charge is 0.0794 e. The SMILES string of the molecule is CC(C)C1CNC(C2CC2)CN1Cc1cncs1. The molecule has 1 N–H and O–H groups in total. The second-order valence-corrected chi connectivity index (χ2v) is 7.03. The molecule has 2 unspecified atom stereocenters. The molecule has 1 saturated heterocycles. The zero-order valence-electron chi connectivity index (χ0n) is 11.3. The fourth-order valence-electron chi connectivity index (χ4n) is 3.03. The molecule has 4 heteroatoms. The van der Waals surface area contributed by atoms with E-state index >= 15 is 0 Å². The second kappa shape index (κ2) is 5.27. The van der Waals surface area contributed by atoms with Gasteiger partial charge in [0.15, 0.2) is 0 Å². The maximum absolute atomic E-state index is 4.20. The molecule has 1 aliphatic heterocycles. The summed E-state index contributed by atoms with van der Waals surface area (Å²) in [5.74, 6) is 1.66. The molecule has 1 aliphatic carbocycles. The molecular formula is C14H23N3S. The van der Waals surface area contributed by atoms with Gasteiger partial charge < -0.3 is 5.32 Å². The van der Waals surface area contributed by atoms with E-state index in [0.29, 0.717) is 12.0 Å². The third kappa shape index (κ3) is 2.76. The Hall–Kier alpha value is -0.450. The number of hydrogen-bond donors (Lipinski definition) is 1. The van der Waals surface area contributed by atoms with Crippen LogP contribution in [0.1, 0.15) is 31.6 Å². The molecule has 2 heterocycles. The highest BCUT2D eigenvalue weighted by molar-refractivity contribution is 7.09. The summed E-state index contributed by atoms with van der Waals surface area (Å²) in [7, 11) is 0. The quantitative estimate of drug-likeness (QED) is 0.906. The molecule has 1 saturated carbocycles. The highest BCUT2D eigenvalue weighted by atomic mass is 32.1. The van der Waals surface area contributed by atoms with Gasteiger partial charge in [-0.3, -0.25) is 9.88 Å². The standard InChI is InChI=1S/C14H23N3S/c1-10(2)14-6-16-13(11-3-4-11)8-17(14)7-12-5-15-9-18-12/h5,9-11,13-14,16H,3-4,6-8H2,1-2H3. The first-order valence-electron chi connectivity index (χ1n) is 7.09. The molecule has 3 nitrogen and oxygen atoms in total. The van der Waals surface area contributed by atoms with E-state index in [0.717, 1.165) is 25.0 Å². The van der Waals surface area contributed by atoms with E-state index in [1.165, 1.54) is 24.3 Å². The van der Waals surface area contributed by atoms with Crippen LogP contribution in [0.15, 0.2) is 11.7 Å². The Bertz CT molecular complexity index is 372. The van der Waals surface area contributed by atoms with Crippen molar-refractivity contribution in [1.82, 2.24) is 15.2 Å². The predicted molar refractivity (Wildman–Crippen MR) is 75.7 cm³/mol. The van der Waals surface area contributed by atoms with Crippen LogP contribution in [0.4, 0.5) is 0 Å². The van der Waals surface area contributed by atoms with Gasteiger partial charge in [0.2, 0.25) is 0 Å². The zero-order chi connectivity index (χ0) is 12.5. The minimum Gasteiger partial charge on any atom is -0.311 e. The van der Waals surface area contributed by atoms with Gasteiger partial charge in [-0.25, -0.2) is 0 Å². The average molecular weight is 265 g/mol. The second-order valence-electron chi connectivity index (χ2n) is 6.06. The largest absolute Gasteiger partial charge is 0.311 e. The summed E-state index contributed by atoms with van der Waals surface area (Å²) in [4.78, 5) is 8.28. The maximum Gasteiger partial charge on any atom is 0.0794 e.